The number of ether oxygens (including phenoxy) is 1. The van der Waals surface area contributed by atoms with Crippen molar-refractivity contribution >= 4 is 63.5 Å². The smallest absolute Gasteiger partial charge is 0.266 e. The van der Waals surface area contributed by atoms with Crippen molar-refractivity contribution in [1.82, 2.24) is 0 Å². The summed E-state index contributed by atoms with van der Waals surface area (Å²) >= 11 is 14.2. The van der Waals surface area contributed by atoms with Crippen molar-refractivity contribution < 1.29 is 9.53 Å². The van der Waals surface area contributed by atoms with Gasteiger partial charge in [0.15, 0.2) is 0 Å². The fourth-order valence-corrected chi connectivity index (χ4v) is 3.91. The third kappa shape index (κ3) is 6.26. The fraction of sp³-hybridized carbons (Fsp3) is 0.120. The molecule has 0 spiro atoms. The summed E-state index contributed by atoms with van der Waals surface area (Å²) in [6.07, 6.45) is 1.56. The highest BCUT2D eigenvalue weighted by atomic mass is 127. The van der Waals surface area contributed by atoms with Crippen molar-refractivity contribution in [3.63, 3.8) is 0 Å². The van der Waals surface area contributed by atoms with E-state index in [9.17, 15) is 10.1 Å². The topological polar surface area (TPSA) is 62.1 Å². The summed E-state index contributed by atoms with van der Waals surface area (Å²) < 4.78 is 6.73. The van der Waals surface area contributed by atoms with Gasteiger partial charge in [0.2, 0.25) is 0 Å². The summed E-state index contributed by atoms with van der Waals surface area (Å²) in [5, 5.41) is 13.3. The molecule has 0 saturated carbocycles. The van der Waals surface area contributed by atoms with Gasteiger partial charge in [-0.15, -0.1) is 0 Å². The second kappa shape index (κ2) is 10.9. The molecular formula is C25H19Cl2IN2O2. The molecule has 0 aliphatic rings. The van der Waals surface area contributed by atoms with Gasteiger partial charge in [0, 0.05) is 5.69 Å². The van der Waals surface area contributed by atoms with Crippen molar-refractivity contribution in [3.05, 3.63) is 96.0 Å². The van der Waals surface area contributed by atoms with Gasteiger partial charge in [-0.1, -0.05) is 47.5 Å². The van der Waals surface area contributed by atoms with Crippen molar-refractivity contribution in [2.45, 2.75) is 20.5 Å². The fourth-order valence-electron chi connectivity index (χ4n) is 2.89. The van der Waals surface area contributed by atoms with Crippen LogP contribution >= 0.6 is 45.8 Å². The Hall–Kier alpha value is -2.53. The summed E-state index contributed by atoms with van der Waals surface area (Å²) in [5.41, 5.74) is 4.29. The highest BCUT2D eigenvalue weighted by molar-refractivity contribution is 14.1. The maximum atomic E-state index is 12.6. The molecule has 32 heavy (non-hydrogen) atoms. The predicted molar refractivity (Wildman–Crippen MR) is 138 cm³/mol. The zero-order chi connectivity index (χ0) is 23.3. The lowest BCUT2D eigenvalue weighted by molar-refractivity contribution is -0.112. The molecule has 0 aliphatic heterocycles. The van der Waals surface area contributed by atoms with Crippen LogP contribution in [0.1, 0.15) is 22.3 Å². The van der Waals surface area contributed by atoms with Gasteiger partial charge in [0.25, 0.3) is 5.91 Å². The maximum Gasteiger partial charge on any atom is 0.266 e. The minimum Gasteiger partial charge on any atom is -0.488 e. The van der Waals surface area contributed by atoms with Gasteiger partial charge in [-0.2, -0.15) is 5.26 Å². The van der Waals surface area contributed by atoms with E-state index < -0.39 is 5.91 Å². The zero-order valence-corrected chi connectivity index (χ0v) is 21.0. The zero-order valence-electron chi connectivity index (χ0n) is 17.4. The Morgan fingerprint density at radius 2 is 1.88 bits per heavy atom. The number of nitrogens with one attached hydrogen (secondary N) is 1. The van der Waals surface area contributed by atoms with E-state index in [0.717, 1.165) is 25.8 Å². The number of halogens is 3. The molecule has 4 nitrogen and oxygen atoms in total. The Kier molecular flexibility index (Phi) is 8.19. The second-order valence-corrected chi connectivity index (χ2v) is 9.15. The lowest BCUT2D eigenvalue weighted by Gasteiger charge is -2.10. The van der Waals surface area contributed by atoms with Gasteiger partial charge >= 0.3 is 0 Å². The monoisotopic (exact) mass is 576 g/mol. The third-order valence-corrected chi connectivity index (χ3v) is 6.23. The summed E-state index contributed by atoms with van der Waals surface area (Å²) in [6.45, 7) is 4.19. The van der Waals surface area contributed by atoms with E-state index in [-0.39, 0.29) is 5.57 Å². The molecular weight excluding hydrogens is 558 g/mol. The molecule has 0 unspecified atom stereocenters. The van der Waals surface area contributed by atoms with Gasteiger partial charge in [-0.3, -0.25) is 4.79 Å². The molecule has 3 rings (SSSR count). The molecule has 3 aromatic carbocycles. The van der Waals surface area contributed by atoms with Crippen molar-refractivity contribution in [2.75, 3.05) is 5.32 Å². The molecule has 0 bridgehead atoms. The number of nitrogens with zero attached hydrogens (tertiary/aromatic N) is 1. The number of rotatable bonds is 6. The number of amides is 1. The van der Waals surface area contributed by atoms with Gasteiger partial charge < -0.3 is 10.1 Å². The van der Waals surface area contributed by atoms with Crippen LogP contribution in [0.5, 0.6) is 5.75 Å². The van der Waals surface area contributed by atoms with E-state index in [4.69, 9.17) is 27.9 Å². The minimum absolute atomic E-state index is 0.0196. The first kappa shape index (κ1) is 24.1. The van der Waals surface area contributed by atoms with E-state index >= 15 is 0 Å². The van der Waals surface area contributed by atoms with Crippen LogP contribution < -0.4 is 10.1 Å². The van der Waals surface area contributed by atoms with E-state index in [1.54, 1.807) is 24.3 Å². The third-order valence-electron chi connectivity index (χ3n) is 4.65. The predicted octanol–water partition coefficient (Wildman–Crippen LogP) is 7.34. The Labute approximate surface area is 210 Å². The van der Waals surface area contributed by atoms with Crippen LogP contribution in [0.3, 0.4) is 0 Å². The molecule has 0 aromatic heterocycles. The summed E-state index contributed by atoms with van der Waals surface area (Å²) in [6, 6.07) is 18.6. The first-order chi connectivity index (χ1) is 15.3. The Balaban J connectivity index is 1.73. The number of hydrogen-bond acceptors (Lipinski definition) is 3. The van der Waals surface area contributed by atoms with Crippen LogP contribution in [0, 0.1) is 28.7 Å². The molecule has 0 saturated heterocycles. The largest absolute Gasteiger partial charge is 0.488 e. The first-order valence-electron chi connectivity index (χ1n) is 9.63. The van der Waals surface area contributed by atoms with Crippen molar-refractivity contribution in [2.24, 2.45) is 0 Å². The van der Waals surface area contributed by atoms with Crippen LogP contribution in [0.15, 0.2) is 60.2 Å². The molecule has 0 radical (unpaired) electrons. The number of carbonyl (C=O) groups is 1. The number of anilines is 1. The SMILES string of the molecule is Cc1ccc(C)c(NC(=O)/C(C#N)=C/c2ccc(OCc3ccc(Cl)c(Cl)c3)c(I)c2)c1. The van der Waals surface area contributed by atoms with Crippen molar-refractivity contribution in [3.8, 4) is 11.8 Å². The average Bonchev–Trinajstić information content (AvgIpc) is 2.76. The molecule has 0 heterocycles. The summed E-state index contributed by atoms with van der Waals surface area (Å²) in [5.74, 6) is 0.239. The number of benzene rings is 3. The average molecular weight is 577 g/mol. The van der Waals surface area contributed by atoms with Crippen LogP contribution in [-0.4, -0.2) is 5.91 Å². The maximum absolute atomic E-state index is 12.6. The Morgan fingerprint density at radius 1 is 1.09 bits per heavy atom. The molecule has 0 fully saturated rings. The highest BCUT2D eigenvalue weighted by Crippen LogP contribution is 2.27. The number of nitriles is 1. The lowest BCUT2D eigenvalue weighted by atomic mass is 10.1. The van der Waals surface area contributed by atoms with Gasteiger partial charge in [-0.25, -0.2) is 0 Å². The molecule has 0 aliphatic carbocycles. The number of aryl methyl sites for hydroxylation is 2. The van der Waals surface area contributed by atoms with Crippen molar-refractivity contribution in [1.29, 1.82) is 5.26 Å². The van der Waals surface area contributed by atoms with Gasteiger partial charge in [0.05, 0.1) is 13.6 Å². The molecule has 3 aromatic rings. The van der Waals surface area contributed by atoms with Crippen LogP contribution in [0.4, 0.5) is 5.69 Å². The molecule has 7 heteroatoms. The number of carbonyl (C=O) groups excluding carboxylic acids is 1. The van der Waals surface area contributed by atoms with Gasteiger partial charge in [-0.05, 0) is 95.1 Å². The van der Waals surface area contributed by atoms with E-state index in [1.165, 1.54) is 0 Å². The van der Waals surface area contributed by atoms with Crippen LogP contribution in [0.25, 0.3) is 6.08 Å². The van der Waals surface area contributed by atoms with E-state index in [0.29, 0.717) is 28.1 Å². The van der Waals surface area contributed by atoms with E-state index in [1.807, 2.05) is 56.3 Å². The first-order valence-corrected chi connectivity index (χ1v) is 11.5. The normalized spacial score (nSPS) is 11.1. The minimum atomic E-state index is -0.448. The van der Waals surface area contributed by atoms with E-state index in [2.05, 4.69) is 27.9 Å². The molecule has 1 amide bonds. The Bertz CT molecular complexity index is 1250. The quantitative estimate of drug-likeness (QED) is 0.190. The Morgan fingerprint density at radius 3 is 2.56 bits per heavy atom. The molecule has 162 valence electrons. The summed E-state index contributed by atoms with van der Waals surface area (Å²) in [7, 11) is 0. The highest BCUT2D eigenvalue weighted by Gasteiger charge is 2.12. The van der Waals surface area contributed by atoms with Crippen LogP contribution in [-0.2, 0) is 11.4 Å². The summed E-state index contributed by atoms with van der Waals surface area (Å²) in [4.78, 5) is 12.6. The standard InChI is InChI=1S/C25H19Cl2IN2O2/c1-15-3-4-16(2)23(9-15)30-25(31)19(13-29)10-17-6-8-24(22(28)12-17)32-14-18-5-7-20(26)21(27)11-18/h3-12H,14H2,1-2H3,(H,30,31)/b19-10+. The number of hydrogen-bond donors (Lipinski definition) is 1. The van der Waals surface area contributed by atoms with Gasteiger partial charge in [0.1, 0.15) is 24.0 Å². The van der Waals surface area contributed by atoms with Crippen LogP contribution in [0.2, 0.25) is 10.0 Å². The second-order valence-electron chi connectivity index (χ2n) is 7.17. The lowest BCUT2D eigenvalue weighted by Crippen LogP contribution is -2.14. The molecule has 1 N–H and O–H groups in total. The molecule has 0 atom stereocenters.